The molecule has 242 valence electrons. The fourth-order valence-corrected chi connectivity index (χ4v) is 6.30. The molecule has 0 spiro atoms. The molecular formula is C44H44N2O2. The fourth-order valence-electron chi connectivity index (χ4n) is 6.30. The zero-order valence-electron chi connectivity index (χ0n) is 27.9. The minimum atomic E-state index is 0.191. The maximum Gasteiger partial charge on any atom is 0.0464 e. The average molecular weight is 633 g/mol. The summed E-state index contributed by atoms with van der Waals surface area (Å²) in [5.74, 6) is 0. The van der Waals surface area contributed by atoms with Gasteiger partial charge in [-0.15, -0.1) is 0 Å². The molecule has 0 unspecified atom stereocenters. The van der Waals surface area contributed by atoms with E-state index in [1.807, 2.05) is 0 Å². The van der Waals surface area contributed by atoms with E-state index in [4.69, 9.17) is 0 Å². The zero-order valence-corrected chi connectivity index (χ0v) is 27.9. The molecule has 0 aliphatic heterocycles. The van der Waals surface area contributed by atoms with Gasteiger partial charge >= 0.3 is 0 Å². The minimum Gasteiger partial charge on any atom is -0.396 e. The van der Waals surface area contributed by atoms with Gasteiger partial charge in [-0.1, -0.05) is 72.8 Å². The fraction of sp³-hybridized carbons (Fsp3) is 0.182. The van der Waals surface area contributed by atoms with Crippen LogP contribution in [0, 0.1) is 13.8 Å². The summed E-state index contributed by atoms with van der Waals surface area (Å²) >= 11 is 0. The van der Waals surface area contributed by atoms with Crippen molar-refractivity contribution >= 4 is 34.1 Å². The van der Waals surface area contributed by atoms with Crippen molar-refractivity contribution in [3.63, 3.8) is 0 Å². The van der Waals surface area contributed by atoms with E-state index in [0.717, 1.165) is 70.9 Å². The SMILES string of the molecule is Cc1cccc(N(c2ccc(-c3ccc(N(c4cccc(C)c4)c4cccc(CCCO)c4)cc3)cc2)c2cccc(CCCO)c2)c1. The molecule has 0 saturated carbocycles. The molecule has 6 aromatic rings. The monoisotopic (exact) mass is 632 g/mol. The number of aliphatic hydroxyl groups is 2. The Labute approximate surface area is 285 Å². The number of nitrogens with zero attached hydrogens (tertiary/aromatic N) is 2. The predicted octanol–water partition coefficient (Wildman–Crippen LogP) is 10.8. The number of anilines is 6. The molecule has 4 nitrogen and oxygen atoms in total. The van der Waals surface area contributed by atoms with E-state index < -0.39 is 0 Å². The molecule has 0 aliphatic carbocycles. The van der Waals surface area contributed by atoms with Gasteiger partial charge < -0.3 is 20.0 Å². The van der Waals surface area contributed by atoms with Crippen LogP contribution in [0.3, 0.4) is 0 Å². The van der Waals surface area contributed by atoms with E-state index in [2.05, 4.69) is 169 Å². The van der Waals surface area contributed by atoms with Crippen LogP contribution in [0.25, 0.3) is 11.1 Å². The lowest BCUT2D eigenvalue weighted by molar-refractivity contribution is 0.288. The van der Waals surface area contributed by atoms with Crippen molar-refractivity contribution in [1.82, 2.24) is 0 Å². The highest BCUT2D eigenvalue weighted by Crippen LogP contribution is 2.39. The lowest BCUT2D eigenvalue weighted by atomic mass is 10.0. The summed E-state index contributed by atoms with van der Waals surface area (Å²) in [6, 6.07) is 52.0. The van der Waals surface area contributed by atoms with Gasteiger partial charge in [-0.05, 0) is 146 Å². The summed E-state index contributed by atoms with van der Waals surface area (Å²) in [5.41, 5.74) is 13.8. The van der Waals surface area contributed by atoms with Gasteiger partial charge in [0.15, 0.2) is 0 Å². The first-order chi connectivity index (χ1) is 23.5. The van der Waals surface area contributed by atoms with Crippen LogP contribution in [0.15, 0.2) is 146 Å². The number of hydrogen-bond donors (Lipinski definition) is 2. The first kappa shape index (κ1) is 32.8. The van der Waals surface area contributed by atoms with Gasteiger partial charge in [0.1, 0.15) is 0 Å². The summed E-state index contributed by atoms with van der Waals surface area (Å²) in [4.78, 5) is 4.60. The summed E-state index contributed by atoms with van der Waals surface area (Å²) < 4.78 is 0. The lowest BCUT2D eigenvalue weighted by Gasteiger charge is -2.27. The number of aryl methyl sites for hydroxylation is 4. The van der Waals surface area contributed by atoms with E-state index in [1.165, 1.54) is 22.3 Å². The first-order valence-corrected chi connectivity index (χ1v) is 16.9. The highest BCUT2D eigenvalue weighted by molar-refractivity contribution is 5.81. The van der Waals surface area contributed by atoms with Crippen LogP contribution < -0.4 is 9.80 Å². The Kier molecular flexibility index (Phi) is 10.7. The maximum atomic E-state index is 9.39. The molecule has 0 atom stereocenters. The largest absolute Gasteiger partial charge is 0.396 e. The second kappa shape index (κ2) is 15.6. The van der Waals surface area contributed by atoms with Crippen molar-refractivity contribution in [2.45, 2.75) is 39.5 Å². The molecule has 0 amide bonds. The summed E-state index contributed by atoms with van der Waals surface area (Å²) in [6.07, 6.45) is 3.19. The maximum absolute atomic E-state index is 9.39. The summed E-state index contributed by atoms with van der Waals surface area (Å²) in [7, 11) is 0. The summed E-state index contributed by atoms with van der Waals surface area (Å²) in [5, 5.41) is 18.8. The van der Waals surface area contributed by atoms with Crippen molar-refractivity contribution in [3.05, 3.63) is 168 Å². The molecule has 0 fully saturated rings. The zero-order chi connectivity index (χ0) is 33.3. The third-order valence-corrected chi connectivity index (χ3v) is 8.69. The summed E-state index contributed by atoms with van der Waals surface area (Å²) in [6.45, 7) is 4.63. The van der Waals surface area contributed by atoms with Gasteiger partial charge in [0.25, 0.3) is 0 Å². The van der Waals surface area contributed by atoms with Crippen LogP contribution in [0.4, 0.5) is 34.1 Å². The van der Waals surface area contributed by atoms with E-state index >= 15 is 0 Å². The molecule has 0 aromatic heterocycles. The Morgan fingerprint density at radius 3 is 1.10 bits per heavy atom. The van der Waals surface area contributed by atoms with Gasteiger partial charge in [-0.3, -0.25) is 0 Å². The quantitative estimate of drug-likeness (QED) is 0.133. The smallest absolute Gasteiger partial charge is 0.0464 e. The standard InChI is InChI=1S/C44H44N2O2/c1-33-9-3-15-41(29-33)45(43-17-5-11-35(31-43)13-7-27-47)39-23-19-37(20-24-39)38-21-25-40(26-22-38)46(42-16-4-10-34(2)30-42)44-18-6-12-36(32-44)14-8-28-48/h3-6,9-12,15-26,29-32,47-48H,7-8,13-14,27-28H2,1-2H3. The van der Waals surface area contributed by atoms with Gasteiger partial charge in [0.05, 0.1) is 0 Å². The van der Waals surface area contributed by atoms with Crippen molar-refractivity contribution in [1.29, 1.82) is 0 Å². The lowest BCUT2D eigenvalue weighted by Crippen LogP contribution is -2.10. The highest BCUT2D eigenvalue weighted by atomic mass is 16.3. The van der Waals surface area contributed by atoms with E-state index in [0.29, 0.717) is 0 Å². The van der Waals surface area contributed by atoms with E-state index in [1.54, 1.807) is 0 Å². The molecule has 0 radical (unpaired) electrons. The molecule has 0 aliphatic rings. The average Bonchev–Trinajstić information content (AvgIpc) is 3.11. The molecule has 0 heterocycles. The van der Waals surface area contributed by atoms with Crippen LogP contribution in [0.2, 0.25) is 0 Å². The number of hydrogen-bond acceptors (Lipinski definition) is 4. The molecule has 6 rings (SSSR count). The Bertz CT molecular complexity index is 1790. The van der Waals surface area contributed by atoms with Crippen LogP contribution in [0.5, 0.6) is 0 Å². The second-order valence-electron chi connectivity index (χ2n) is 12.4. The molecule has 0 saturated heterocycles. The third kappa shape index (κ3) is 7.86. The van der Waals surface area contributed by atoms with Gasteiger partial charge in [0.2, 0.25) is 0 Å². The van der Waals surface area contributed by atoms with Crippen molar-refractivity contribution in [3.8, 4) is 11.1 Å². The number of rotatable bonds is 13. The van der Waals surface area contributed by atoms with Crippen molar-refractivity contribution < 1.29 is 10.2 Å². The molecular weight excluding hydrogens is 588 g/mol. The third-order valence-electron chi connectivity index (χ3n) is 8.69. The minimum absolute atomic E-state index is 0.191. The normalized spacial score (nSPS) is 11.0. The van der Waals surface area contributed by atoms with Gasteiger partial charge in [0, 0.05) is 47.3 Å². The van der Waals surface area contributed by atoms with Crippen LogP contribution in [-0.2, 0) is 12.8 Å². The van der Waals surface area contributed by atoms with E-state index in [9.17, 15) is 10.2 Å². The Morgan fingerprint density at radius 2 is 0.750 bits per heavy atom. The van der Waals surface area contributed by atoms with E-state index in [-0.39, 0.29) is 13.2 Å². The van der Waals surface area contributed by atoms with Gasteiger partial charge in [-0.2, -0.15) is 0 Å². The highest BCUT2D eigenvalue weighted by Gasteiger charge is 2.16. The molecule has 4 heteroatoms. The van der Waals surface area contributed by atoms with Gasteiger partial charge in [-0.25, -0.2) is 0 Å². The van der Waals surface area contributed by atoms with Crippen molar-refractivity contribution in [2.24, 2.45) is 0 Å². The topological polar surface area (TPSA) is 46.9 Å². The molecule has 6 aromatic carbocycles. The number of benzene rings is 6. The van der Waals surface area contributed by atoms with Crippen molar-refractivity contribution in [2.75, 3.05) is 23.0 Å². The Morgan fingerprint density at radius 1 is 0.396 bits per heavy atom. The number of aliphatic hydroxyl groups excluding tert-OH is 2. The Balaban J connectivity index is 1.31. The Hall–Kier alpha value is -5.16. The molecule has 2 N–H and O–H groups in total. The predicted molar refractivity (Wildman–Crippen MR) is 202 cm³/mol. The van der Waals surface area contributed by atoms with Crippen LogP contribution in [-0.4, -0.2) is 23.4 Å². The van der Waals surface area contributed by atoms with Crippen LogP contribution in [0.1, 0.15) is 35.1 Å². The molecule has 0 bridgehead atoms. The first-order valence-electron chi connectivity index (χ1n) is 16.9. The second-order valence-corrected chi connectivity index (χ2v) is 12.4. The molecule has 48 heavy (non-hydrogen) atoms. The van der Waals surface area contributed by atoms with Crippen LogP contribution >= 0.6 is 0 Å².